The molecule has 0 saturated carbocycles. The number of piperazine rings is 1. The molecule has 0 atom stereocenters. The number of amides is 1. The highest BCUT2D eigenvalue weighted by Gasteiger charge is 2.31. The smallest absolute Gasteiger partial charge is 0.260 e. The lowest BCUT2D eigenvalue weighted by atomic mass is 10.1. The molecule has 37 heavy (non-hydrogen) atoms. The average Bonchev–Trinajstić information content (AvgIpc) is 3.30. The van der Waals surface area contributed by atoms with E-state index in [1.165, 1.54) is 27.8 Å². The van der Waals surface area contributed by atoms with Crippen LogP contribution in [-0.2, 0) is 34.5 Å². The van der Waals surface area contributed by atoms with Crippen LogP contribution in [0, 0.1) is 6.92 Å². The second-order valence-corrected chi connectivity index (χ2v) is 11.2. The van der Waals surface area contributed by atoms with E-state index in [0.29, 0.717) is 17.9 Å². The lowest BCUT2D eigenvalue weighted by molar-refractivity contribution is -0.134. The highest BCUT2D eigenvalue weighted by Crippen LogP contribution is 2.24. The molecule has 0 radical (unpaired) electrons. The summed E-state index contributed by atoms with van der Waals surface area (Å²) in [7, 11) is -3.62. The fourth-order valence-corrected chi connectivity index (χ4v) is 6.40. The summed E-state index contributed by atoms with van der Waals surface area (Å²) >= 11 is 0. The predicted octanol–water partition coefficient (Wildman–Crippen LogP) is 2.38. The van der Waals surface area contributed by atoms with Gasteiger partial charge in [0.15, 0.2) is 6.61 Å². The van der Waals surface area contributed by atoms with E-state index in [9.17, 15) is 18.0 Å². The normalized spacial score (nSPS) is 16.5. The van der Waals surface area contributed by atoms with Gasteiger partial charge in [-0.25, -0.2) is 8.42 Å². The molecule has 2 aromatic carbocycles. The molecule has 194 valence electrons. The molecule has 3 heterocycles. The van der Waals surface area contributed by atoms with Gasteiger partial charge in [-0.3, -0.25) is 14.5 Å². The van der Waals surface area contributed by atoms with Gasteiger partial charge in [0.1, 0.15) is 12.0 Å². The number of aryl methyl sites for hydroxylation is 1. The summed E-state index contributed by atoms with van der Waals surface area (Å²) in [6.07, 6.45) is 1.25. The van der Waals surface area contributed by atoms with Crippen molar-refractivity contribution in [1.29, 1.82) is 0 Å². The van der Waals surface area contributed by atoms with Gasteiger partial charge in [0.05, 0.1) is 11.4 Å². The monoisotopic (exact) mass is 523 g/mol. The maximum absolute atomic E-state index is 13.0. The van der Waals surface area contributed by atoms with Crippen LogP contribution in [0.25, 0.3) is 0 Å². The zero-order chi connectivity index (χ0) is 26.0. The molecule has 3 aromatic rings. The highest BCUT2D eigenvalue weighted by atomic mass is 32.2. The Kier molecular flexibility index (Phi) is 7.14. The second-order valence-electron chi connectivity index (χ2n) is 9.33. The standard InChI is InChI=1S/C27H29N3O6S/c1-20-6-2-5-9-26(20)37(33,34)30-12-10-29(11-13-30)27(32)19-36-25-18-35-23(14-24(25)31)17-28-15-21-7-3-4-8-22(21)16-28/h2-9,14,18H,10-13,15-17,19H2,1H3. The molecule has 0 aliphatic carbocycles. The van der Waals surface area contributed by atoms with Crippen LogP contribution in [0.4, 0.5) is 0 Å². The fourth-order valence-electron chi connectivity index (χ4n) is 4.76. The zero-order valence-electron chi connectivity index (χ0n) is 20.6. The van der Waals surface area contributed by atoms with E-state index >= 15 is 0 Å². The van der Waals surface area contributed by atoms with Crippen LogP contribution >= 0.6 is 0 Å². The van der Waals surface area contributed by atoms with Crippen molar-refractivity contribution in [2.75, 3.05) is 32.8 Å². The van der Waals surface area contributed by atoms with Gasteiger partial charge in [-0.15, -0.1) is 0 Å². The molecule has 2 aliphatic heterocycles. The summed E-state index contributed by atoms with van der Waals surface area (Å²) < 4.78 is 38.4. The van der Waals surface area contributed by atoms with E-state index in [1.54, 1.807) is 36.1 Å². The third-order valence-electron chi connectivity index (χ3n) is 6.79. The van der Waals surface area contributed by atoms with E-state index < -0.39 is 10.0 Å². The lowest BCUT2D eigenvalue weighted by Crippen LogP contribution is -2.51. The quantitative estimate of drug-likeness (QED) is 0.469. The minimum atomic E-state index is -3.62. The number of carbonyl (C=O) groups is 1. The average molecular weight is 524 g/mol. The topological polar surface area (TPSA) is 100 Å². The van der Waals surface area contributed by atoms with Crippen LogP contribution in [-0.4, -0.2) is 61.2 Å². The largest absolute Gasteiger partial charge is 0.477 e. The van der Waals surface area contributed by atoms with Crippen LogP contribution in [0.2, 0.25) is 0 Å². The predicted molar refractivity (Wildman–Crippen MR) is 136 cm³/mol. The first-order valence-electron chi connectivity index (χ1n) is 12.2. The Balaban J connectivity index is 1.12. The summed E-state index contributed by atoms with van der Waals surface area (Å²) in [5.41, 5.74) is 2.89. The maximum atomic E-state index is 13.0. The van der Waals surface area contributed by atoms with Gasteiger partial charge < -0.3 is 14.1 Å². The Morgan fingerprint density at radius 1 is 0.973 bits per heavy atom. The Bertz CT molecular complexity index is 1440. The number of fused-ring (bicyclic) bond motifs is 1. The molecule has 1 saturated heterocycles. The third-order valence-corrected chi connectivity index (χ3v) is 8.85. The number of hydrogen-bond donors (Lipinski definition) is 0. The first-order valence-corrected chi connectivity index (χ1v) is 13.6. The number of benzene rings is 2. The van der Waals surface area contributed by atoms with Crippen LogP contribution in [0.1, 0.15) is 22.5 Å². The van der Waals surface area contributed by atoms with Crippen molar-refractivity contribution < 1.29 is 22.4 Å². The van der Waals surface area contributed by atoms with Gasteiger partial charge in [-0.1, -0.05) is 42.5 Å². The van der Waals surface area contributed by atoms with Crippen molar-refractivity contribution in [2.45, 2.75) is 31.5 Å². The minimum absolute atomic E-state index is 0.0254. The third kappa shape index (κ3) is 5.46. The van der Waals surface area contributed by atoms with Crippen LogP contribution in [0.15, 0.2) is 75.0 Å². The van der Waals surface area contributed by atoms with E-state index in [2.05, 4.69) is 17.0 Å². The van der Waals surface area contributed by atoms with E-state index in [4.69, 9.17) is 9.15 Å². The van der Waals surface area contributed by atoms with Crippen LogP contribution in [0.5, 0.6) is 5.75 Å². The van der Waals surface area contributed by atoms with E-state index in [-0.39, 0.29) is 54.8 Å². The number of sulfonamides is 1. The molecule has 10 heteroatoms. The van der Waals surface area contributed by atoms with Crippen LogP contribution < -0.4 is 10.2 Å². The van der Waals surface area contributed by atoms with E-state index in [0.717, 1.165) is 13.1 Å². The molecule has 2 aliphatic rings. The van der Waals surface area contributed by atoms with Gasteiger partial charge in [0.25, 0.3) is 5.91 Å². The summed E-state index contributed by atoms with van der Waals surface area (Å²) in [5, 5.41) is 0. The van der Waals surface area contributed by atoms with Gasteiger partial charge in [-0.05, 0) is 29.7 Å². The Morgan fingerprint density at radius 2 is 1.62 bits per heavy atom. The molecule has 0 bridgehead atoms. The number of rotatable bonds is 7. The summed E-state index contributed by atoms with van der Waals surface area (Å²) in [4.78, 5) is 29.2. The van der Waals surface area contributed by atoms with Crippen molar-refractivity contribution in [2.24, 2.45) is 0 Å². The number of ether oxygens (including phenoxy) is 1. The minimum Gasteiger partial charge on any atom is -0.477 e. The number of nitrogens with zero attached hydrogens (tertiary/aromatic N) is 3. The Morgan fingerprint density at radius 3 is 2.27 bits per heavy atom. The molecular formula is C27H29N3O6S. The molecule has 0 N–H and O–H groups in total. The molecule has 0 spiro atoms. The summed E-state index contributed by atoms with van der Waals surface area (Å²) in [5.74, 6) is 0.191. The van der Waals surface area contributed by atoms with Crippen molar-refractivity contribution in [3.05, 3.63) is 93.5 Å². The van der Waals surface area contributed by atoms with Gasteiger partial charge in [-0.2, -0.15) is 4.31 Å². The number of hydrogen-bond acceptors (Lipinski definition) is 7. The Labute approximate surface area is 215 Å². The maximum Gasteiger partial charge on any atom is 0.260 e. The van der Waals surface area contributed by atoms with Crippen LogP contribution in [0.3, 0.4) is 0 Å². The summed E-state index contributed by atoms with van der Waals surface area (Å²) in [6.45, 7) is 4.42. The van der Waals surface area contributed by atoms with Crippen molar-refractivity contribution >= 4 is 15.9 Å². The molecule has 1 aromatic heterocycles. The fraction of sp³-hybridized carbons (Fsp3) is 0.333. The molecule has 1 fully saturated rings. The van der Waals surface area contributed by atoms with Crippen molar-refractivity contribution in [1.82, 2.24) is 14.1 Å². The first kappa shape index (κ1) is 25.2. The van der Waals surface area contributed by atoms with Gasteiger partial charge >= 0.3 is 0 Å². The van der Waals surface area contributed by atoms with Crippen molar-refractivity contribution in [3.63, 3.8) is 0 Å². The number of carbonyl (C=O) groups excluding carboxylic acids is 1. The first-order chi connectivity index (χ1) is 17.8. The molecule has 9 nitrogen and oxygen atoms in total. The highest BCUT2D eigenvalue weighted by molar-refractivity contribution is 7.89. The van der Waals surface area contributed by atoms with Crippen molar-refractivity contribution in [3.8, 4) is 5.75 Å². The Hall–Kier alpha value is -3.47. The second kappa shape index (κ2) is 10.5. The SMILES string of the molecule is Cc1ccccc1S(=O)(=O)N1CCN(C(=O)COc2coc(CN3Cc4ccccc4C3)cc2=O)CC1. The van der Waals surface area contributed by atoms with Gasteiger partial charge in [0, 0.05) is 45.3 Å². The zero-order valence-corrected chi connectivity index (χ0v) is 21.4. The molecule has 0 unspecified atom stereocenters. The summed E-state index contributed by atoms with van der Waals surface area (Å²) in [6, 6.07) is 16.5. The van der Waals surface area contributed by atoms with Gasteiger partial charge in [0.2, 0.25) is 21.2 Å². The lowest BCUT2D eigenvalue weighted by Gasteiger charge is -2.34. The molecule has 5 rings (SSSR count). The van der Waals surface area contributed by atoms with E-state index in [1.807, 2.05) is 12.1 Å². The molecular weight excluding hydrogens is 494 g/mol. The molecule has 1 amide bonds.